The molecule has 0 aliphatic heterocycles. The molecule has 0 amide bonds. The van der Waals surface area contributed by atoms with Gasteiger partial charge < -0.3 is 14.6 Å². The number of esters is 1. The minimum atomic E-state index is -0.207. The summed E-state index contributed by atoms with van der Waals surface area (Å²) in [6.45, 7) is 7.26. The lowest BCUT2D eigenvalue weighted by Crippen LogP contribution is -2.37. The van der Waals surface area contributed by atoms with Gasteiger partial charge in [0.1, 0.15) is 12.2 Å². The van der Waals surface area contributed by atoms with E-state index in [2.05, 4.69) is 15.5 Å². The normalized spacial score (nSPS) is 14.4. The van der Waals surface area contributed by atoms with Crippen LogP contribution in [0.2, 0.25) is 0 Å². The molecule has 1 rings (SSSR count). The Kier molecular flexibility index (Phi) is 5.09. The second-order valence-corrected chi connectivity index (χ2v) is 4.01. The highest BCUT2D eigenvalue weighted by Crippen LogP contribution is 2.05. The van der Waals surface area contributed by atoms with Crippen molar-refractivity contribution in [1.29, 1.82) is 0 Å². The van der Waals surface area contributed by atoms with Gasteiger partial charge >= 0.3 is 5.97 Å². The summed E-state index contributed by atoms with van der Waals surface area (Å²) in [4.78, 5) is 11.3. The first-order valence-electron chi connectivity index (χ1n) is 5.78. The Balaban J connectivity index is 2.48. The van der Waals surface area contributed by atoms with Crippen LogP contribution in [0.1, 0.15) is 26.6 Å². The maximum absolute atomic E-state index is 11.3. The monoisotopic (exact) mass is 240 g/mol. The Morgan fingerprint density at radius 2 is 2.29 bits per heavy atom. The van der Waals surface area contributed by atoms with Crippen molar-refractivity contribution >= 4 is 5.97 Å². The van der Waals surface area contributed by atoms with Crippen molar-refractivity contribution in [3.05, 3.63) is 12.2 Å². The fourth-order valence-corrected chi connectivity index (χ4v) is 1.50. The Labute approximate surface area is 101 Å². The van der Waals surface area contributed by atoms with Gasteiger partial charge in [-0.2, -0.15) is 0 Å². The highest BCUT2D eigenvalue weighted by Gasteiger charge is 2.20. The van der Waals surface area contributed by atoms with E-state index in [9.17, 15) is 4.79 Å². The van der Waals surface area contributed by atoms with Crippen LogP contribution in [0.4, 0.5) is 0 Å². The number of nitrogens with one attached hydrogen (secondary N) is 1. The fourth-order valence-electron chi connectivity index (χ4n) is 1.50. The Bertz CT molecular complexity index is 364. The molecule has 6 nitrogen and oxygen atoms in total. The van der Waals surface area contributed by atoms with E-state index in [4.69, 9.17) is 4.74 Å². The first kappa shape index (κ1) is 13.6. The zero-order chi connectivity index (χ0) is 12.8. The summed E-state index contributed by atoms with van der Waals surface area (Å²) in [5, 5.41) is 11.1. The van der Waals surface area contributed by atoms with Gasteiger partial charge in [0.25, 0.3) is 0 Å². The van der Waals surface area contributed by atoms with Crippen molar-refractivity contribution < 1.29 is 9.53 Å². The Hall–Kier alpha value is -1.43. The molecule has 0 saturated heterocycles. The van der Waals surface area contributed by atoms with Gasteiger partial charge in [0.2, 0.25) is 0 Å². The van der Waals surface area contributed by atoms with Crippen LogP contribution in [0.5, 0.6) is 0 Å². The fraction of sp³-hybridized carbons (Fsp3) is 0.727. The summed E-state index contributed by atoms with van der Waals surface area (Å²) >= 11 is 0. The third kappa shape index (κ3) is 3.52. The number of carbonyl (C=O) groups is 1. The highest BCUT2D eigenvalue weighted by molar-refractivity contribution is 5.72. The van der Waals surface area contributed by atoms with Crippen molar-refractivity contribution in [2.75, 3.05) is 7.11 Å². The van der Waals surface area contributed by atoms with E-state index in [0.29, 0.717) is 6.54 Å². The van der Waals surface area contributed by atoms with E-state index in [1.54, 1.807) is 6.33 Å². The number of hydrogen-bond acceptors (Lipinski definition) is 5. The minimum Gasteiger partial charge on any atom is -0.469 e. The van der Waals surface area contributed by atoms with Crippen LogP contribution >= 0.6 is 0 Å². The van der Waals surface area contributed by atoms with E-state index in [1.807, 2.05) is 25.3 Å². The number of carbonyl (C=O) groups excluding carboxylic acids is 1. The number of aryl methyl sites for hydroxylation is 1. The van der Waals surface area contributed by atoms with Gasteiger partial charge in [-0.15, -0.1) is 10.2 Å². The molecule has 0 saturated carbocycles. The molecule has 1 heterocycles. The van der Waals surface area contributed by atoms with Crippen molar-refractivity contribution in [2.24, 2.45) is 5.92 Å². The lowest BCUT2D eigenvalue weighted by Gasteiger charge is -2.18. The Morgan fingerprint density at radius 1 is 1.59 bits per heavy atom. The molecule has 96 valence electrons. The number of ether oxygens (including phenoxy) is 1. The molecule has 2 unspecified atom stereocenters. The van der Waals surface area contributed by atoms with E-state index in [0.717, 1.165) is 12.4 Å². The molecule has 0 aliphatic rings. The van der Waals surface area contributed by atoms with Gasteiger partial charge in [-0.3, -0.25) is 4.79 Å². The summed E-state index contributed by atoms with van der Waals surface area (Å²) < 4.78 is 6.66. The molecule has 17 heavy (non-hydrogen) atoms. The number of aromatic nitrogens is 3. The molecule has 0 aliphatic carbocycles. The SMILES string of the molecule is CCn1cnnc1CNC(C)C(C)C(=O)OC. The summed E-state index contributed by atoms with van der Waals surface area (Å²) in [6, 6.07) is 0.0319. The zero-order valence-corrected chi connectivity index (χ0v) is 10.8. The quantitative estimate of drug-likeness (QED) is 0.737. The number of methoxy groups -OCH3 is 1. The van der Waals surface area contributed by atoms with Crippen molar-refractivity contribution in [3.8, 4) is 0 Å². The van der Waals surface area contributed by atoms with E-state index < -0.39 is 0 Å². The highest BCUT2D eigenvalue weighted by atomic mass is 16.5. The number of rotatable bonds is 6. The molecular weight excluding hydrogens is 220 g/mol. The number of hydrogen-bond donors (Lipinski definition) is 1. The second-order valence-electron chi connectivity index (χ2n) is 4.01. The van der Waals surface area contributed by atoms with Crippen LogP contribution in [0.25, 0.3) is 0 Å². The maximum atomic E-state index is 11.3. The molecule has 0 spiro atoms. The van der Waals surface area contributed by atoms with E-state index >= 15 is 0 Å². The topological polar surface area (TPSA) is 69.0 Å². The van der Waals surface area contributed by atoms with Gasteiger partial charge in [0, 0.05) is 12.6 Å². The molecule has 0 bridgehead atoms. The summed E-state index contributed by atoms with van der Waals surface area (Å²) in [6.07, 6.45) is 1.70. The van der Waals surface area contributed by atoms with Crippen LogP contribution in [-0.4, -0.2) is 33.9 Å². The van der Waals surface area contributed by atoms with Crippen LogP contribution in [-0.2, 0) is 22.6 Å². The average Bonchev–Trinajstić information content (AvgIpc) is 2.81. The molecule has 0 fully saturated rings. The predicted octanol–water partition coefficient (Wildman–Crippen LogP) is 0.585. The van der Waals surface area contributed by atoms with E-state index in [-0.39, 0.29) is 17.9 Å². The first-order valence-corrected chi connectivity index (χ1v) is 5.78. The largest absolute Gasteiger partial charge is 0.469 e. The summed E-state index contributed by atoms with van der Waals surface area (Å²) in [5.74, 6) is 0.483. The summed E-state index contributed by atoms with van der Waals surface area (Å²) in [5.41, 5.74) is 0. The molecule has 6 heteroatoms. The predicted molar refractivity (Wildman–Crippen MR) is 63.2 cm³/mol. The van der Waals surface area contributed by atoms with Crippen molar-refractivity contribution in [3.63, 3.8) is 0 Å². The average molecular weight is 240 g/mol. The lowest BCUT2D eigenvalue weighted by molar-refractivity contribution is -0.145. The Morgan fingerprint density at radius 3 is 2.88 bits per heavy atom. The minimum absolute atomic E-state index is 0.0319. The standard InChI is InChI=1S/C11H20N4O2/c1-5-15-7-13-14-10(15)6-12-9(3)8(2)11(16)17-4/h7-9,12H,5-6H2,1-4H3. The molecule has 1 aromatic heterocycles. The van der Waals surface area contributed by atoms with Crippen molar-refractivity contribution in [1.82, 2.24) is 20.1 Å². The van der Waals surface area contributed by atoms with Gasteiger partial charge in [-0.25, -0.2) is 0 Å². The van der Waals surface area contributed by atoms with Crippen LogP contribution in [0.15, 0.2) is 6.33 Å². The molecule has 0 aromatic carbocycles. The summed E-state index contributed by atoms with van der Waals surface area (Å²) in [7, 11) is 1.40. The smallest absolute Gasteiger partial charge is 0.309 e. The van der Waals surface area contributed by atoms with E-state index in [1.165, 1.54) is 7.11 Å². The van der Waals surface area contributed by atoms with Crippen molar-refractivity contribution in [2.45, 2.75) is 39.9 Å². The molecular formula is C11H20N4O2. The van der Waals surface area contributed by atoms with Crippen LogP contribution in [0, 0.1) is 5.92 Å². The third-order valence-electron chi connectivity index (χ3n) is 2.94. The van der Waals surface area contributed by atoms with Crippen LogP contribution < -0.4 is 5.32 Å². The van der Waals surface area contributed by atoms with Gasteiger partial charge in [0.15, 0.2) is 0 Å². The maximum Gasteiger partial charge on any atom is 0.309 e. The van der Waals surface area contributed by atoms with Gasteiger partial charge in [-0.05, 0) is 13.8 Å². The zero-order valence-electron chi connectivity index (χ0n) is 10.8. The molecule has 2 atom stereocenters. The van der Waals surface area contributed by atoms with Gasteiger partial charge in [-0.1, -0.05) is 6.92 Å². The second kappa shape index (κ2) is 6.34. The lowest BCUT2D eigenvalue weighted by atomic mass is 10.0. The number of nitrogens with zero attached hydrogens (tertiary/aromatic N) is 3. The van der Waals surface area contributed by atoms with Gasteiger partial charge in [0.05, 0.1) is 19.6 Å². The molecule has 1 N–H and O–H groups in total. The molecule has 1 aromatic rings. The third-order valence-corrected chi connectivity index (χ3v) is 2.94. The van der Waals surface area contributed by atoms with Crippen LogP contribution in [0.3, 0.4) is 0 Å². The molecule has 0 radical (unpaired) electrons. The first-order chi connectivity index (χ1) is 8.10.